The summed E-state index contributed by atoms with van der Waals surface area (Å²) in [5.74, 6) is -0.820. The summed E-state index contributed by atoms with van der Waals surface area (Å²) in [5.41, 5.74) is 0. The number of benzene rings is 2. The number of rotatable bonds is 5. The normalized spacial score (nSPS) is 21.7. The predicted molar refractivity (Wildman–Crippen MR) is 92.2 cm³/mol. The lowest BCUT2D eigenvalue weighted by atomic mass is 9.82. The zero-order valence-corrected chi connectivity index (χ0v) is 14.1. The molecule has 0 spiro atoms. The van der Waals surface area contributed by atoms with E-state index in [1.807, 2.05) is 30.3 Å². The summed E-state index contributed by atoms with van der Waals surface area (Å²) in [5, 5.41) is 10.9. The van der Waals surface area contributed by atoms with Crippen molar-refractivity contribution in [3.05, 3.63) is 42.5 Å². The van der Waals surface area contributed by atoms with E-state index in [4.69, 9.17) is 5.11 Å². The zero-order valence-electron chi connectivity index (χ0n) is 13.3. The molecule has 2 aromatic carbocycles. The summed E-state index contributed by atoms with van der Waals surface area (Å²) in [6, 6.07) is 12.7. The van der Waals surface area contributed by atoms with Crippen LogP contribution in [-0.4, -0.2) is 26.0 Å². The molecule has 0 atom stereocenters. The first kappa shape index (κ1) is 16.9. The Kier molecular flexibility index (Phi) is 4.87. The van der Waals surface area contributed by atoms with E-state index in [9.17, 15) is 13.2 Å². The van der Waals surface area contributed by atoms with Crippen molar-refractivity contribution < 1.29 is 18.3 Å². The molecular formula is C18H21NO4S. The van der Waals surface area contributed by atoms with Gasteiger partial charge in [0.05, 0.1) is 10.8 Å². The molecule has 1 fully saturated rings. The van der Waals surface area contributed by atoms with Gasteiger partial charge in [-0.15, -0.1) is 0 Å². The molecule has 24 heavy (non-hydrogen) atoms. The van der Waals surface area contributed by atoms with Crippen LogP contribution in [-0.2, 0) is 14.8 Å². The molecule has 6 heteroatoms. The maximum absolute atomic E-state index is 12.5. The van der Waals surface area contributed by atoms with E-state index >= 15 is 0 Å². The van der Waals surface area contributed by atoms with Crippen LogP contribution in [0.3, 0.4) is 0 Å². The molecule has 0 aliphatic heterocycles. The van der Waals surface area contributed by atoms with Crippen molar-refractivity contribution in [2.24, 2.45) is 11.8 Å². The third-order valence-corrected chi connectivity index (χ3v) is 6.21. The number of carboxylic acid groups (broad SMARTS) is 1. The van der Waals surface area contributed by atoms with Crippen LogP contribution >= 0.6 is 0 Å². The van der Waals surface area contributed by atoms with E-state index in [1.165, 1.54) is 0 Å². The van der Waals surface area contributed by atoms with Crippen molar-refractivity contribution in [3.63, 3.8) is 0 Å². The van der Waals surface area contributed by atoms with Gasteiger partial charge in [0.25, 0.3) is 0 Å². The average Bonchev–Trinajstić information content (AvgIpc) is 2.60. The van der Waals surface area contributed by atoms with Gasteiger partial charge in [-0.25, -0.2) is 13.1 Å². The lowest BCUT2D eigenvalue weighted by Crippen LogP contribution is -2.32. The van der Waals surface area contributed by atoms with Gasteiger partial charge in [0.1, 0.15) is 0 Å². The van der Waals surface area contributed by atoms with Gasteiger partial charge in [-0.05, 0) is 54.5 Å². The van der Waals surface area contributed by atoms with Crippen LogP contribution in [0.15, 0.2) is 47.4 Å². The van der Waals surface area contributed by atoms with E-state index in [-0.39, 0.29) is 16.7 Å². The van der Waals surface area contributed by atoms with E-state index < -0.39 is 16.0 Å². The Bertz CT molecular complexity index is 839. The van der Waals surface area contributed by atoms with Gasteiger partial charge in [0.2, 0.25) is 10.0 Å². The van der Waals surface area contributed by atoms with Crippen molar-refractivity contribution >= 4 is 26.8 Å². The van der Waals surface area contributed by atoms with Gasteiger partial charge < -0.3 is 5.11 Å². The molecule has 0 bridgehead atoms. The summed E-state index contributed by atoms with van der Waals surface area (Å²) in [6.07, 6.45) is 2.74. The second-order valence-electron chi connectivity index (χ2n) is 6.42. The van der Waals surface area contributed by atoms with Crippen LogP contribution in [0.1, 0.15) is 25.7 Å². The largest absolute Gasteiger partial charge is 0.481 e. The van der Waals surface area contributed by atoms with Gasteiger partial charge >= 0.3 is 5.97 Å². The number of sulfonamides is 1. The van der Waals surface area contributed by atoms with Crippen molar-refractivity contribution in [1.29, 1.82) is 0 Å². The summed E-state index contributed by atoms with van der Waals surface area (Å²) >= 11 is 0. The molecule has 1 aliphatic rings. The highest BCUT2D eigenvalue weighted by molar-refractivity contribution is 7.89. The summed E-state index contributed by atoms with van der Waals surface area (Å²) in [7, 11) is -3.55. The molecule has 1 aliphatic carbocycles. The molecule has 0 amide bonds. The molecule has 0 radical (unpaired) electrons. The molecule has 5 nitrogen and oxygen atoms in total. The van der Waals surface area contributed by atoms with E-state index in [0.29, 0.717) is 19.4 Å². The Labute approximate surface area is 141 Å². The summed E-state index contributed by atoms with van der Waals surface area (Å²) in [6.45, 7) is 0.363. The number of hydrogen-bond acceptors (Lipinski definition) is 3. The second-order valence-corrected chi connectivity index (χ2v) is 8.18. The van der Waals surface area contributed by atoms with E-state index in [0.717, 1.165) is 23.6 Å². The Morgan fingerprint density at radius 2 is 1.71 bits per heavy atom. The molecule has 0 saturated heterocycles. The number of fused-ring (bicyclic) bond motifs is 1. The van der Waals surface area contributed by atoms with Crippen molar-refractivity contribution in [2.75, 3.05) is 6.54 Å². The van der Waals surface area contributed by atoms with E-state index in [2.05, 4.69) is 4.72 Å². The number of nitrogens with one attached hydrogen (secondary N) is 1. The van der Waals surface area contributed by atoms with Gasteiger partial charge in [-0.2, -0.15) is 0 Å². The van der Waals surface area contributed by atoms with Gasteiger partial charge in [-0.1, -0.05) is 30.3 Å². The molecule has 2 N–H and O–H groups in total. The van der Waals surface area contributed by atoms with Crippen molar-refractivity contribution in [1.82, 2.24) is 4.72 Å². The summed E-state index contributed by atoms with van der Waals surface area (Å²) < 4.78 is 27.7. The molecule has 2 aromatic rings. The van der Waals surface area contributed by atoms with Crippen molar-refractivity contribution in [3.8, 4) is 0 Å². The first-order chi connectivity index (χ1) is 11.5. The van der Waals surface area contributed by atoms with Crippen LogP contribution in [0, 0.1) is 11.8 Å². The smallest absolute Gasteiger partial charge is 0.306 e. The average molecular weight is 347 g/mol. The minimum absolute atomic E-state index is 0.204. The maximum atomic E-state index is 12.5. The zero-order chi connectivity index (χ0) is 17.2. The number of carbonyl (C=O) groups is 1. The highest BCUT2D eigenvalue weighted by atomic mass is 32.2. The standard InChI is InChI=1S/C18H21NO4S/c20-18(21)15-7-5-13(6-8-15)12-19-24(22,23)17-10-9-14-3-1-2-4-16(14)11-17/h1-4,9-11,13,15,19H,5-8,12H2,(H,20,21). The molecule has 0 unspecified atom stereocenters. The third kappa shape index (κ3) is 3.76. The van der Waals surface area contributed by atoms with Crippen LogP contribution in [0.25, 0.3) is 10.8 Å². The molecule has 3 rings (SSSR count). The minimum atomic E-state index is -3.55. The van der Waals surface area contributed by atoms with Gasteiger partial charge in [-0.3, -0.25) is 4.79 Å². The Hall–Kier alpha value is -1.92. The molecule has 0 aromatic heterocycles. The number of carboxylic acids is 1. The SMILES string of the molecule is O=C(O)C1CCC(CNS(=O)(=O)c2ccc3ccccc3c2)CC1. The maximum Gasteiger partial charge on any atom is 0.306 e. The molecule has 0 heterocycles. The lowest BCUT2D eigenvalue weighted by molar-refractivity contribution is -0.143. The fourth-order valence-electron chi connectivity index (χ4n) is 3.26. The van der Waals surface area contributed by atoms with Crippen LogP contribution in [0.5, 0.6) is 0 Å². The molecule has 128 valence electrons. The molecule has 1 saturated carbocycles. The Morgan fingerprint density at radius 1 is 1.04 bits per heavy atom. The highest BCUT2D eigenvalue weighted by Gasteiger charge is 2.26. The fourth-order valence-corrected chi connectivity index (χ4v) is 4.41. The van der Waals surface area contributed by atoms with E-state index in [1.54, 1.807) is 12.1 Å². The predicted octanol–water partition coefficient (Wildman–Crippen LogP) is 3.01. The highest BCUT2D eigenvalue weighted by Crippen LogP contribution is 2.29. The number of hydrogen-bond donors (Lipinski definition) is 2. The van der Waals surface area contributed by atoms with Crippen LogP contribution in [0.2, 0.25) is 0 Å². The third-order valence-electron chi connectivity index (χ3n) is 4.79. The monoisotopic (exact) mass is 347 g/mol. The second kappa shape index (κ2) is 6.91. The first-order valence-electron chi connectivity index (χ1n) is 8.17. The van der Waals surface area contributed by atoms with Crippen LogP contribution in [0.4, 0.5) is 0 Å². The fraction of sp³-hybridized carbons (Fsp3) is 0.389. The summed E-state index contributed by atoms with van der Waals surface area (Å²) in [4.78, 5) is 11.2. The Balaban J connectivity index is 1.64. The van der Waals surface area contributed by atoms with Gasteiger partial charge in [0, 0.05) is 6.54 Å². The molecular weight excluding hydrogens is 326 g/mol. The quantitative estimate of drug-likeness (QED) is 0.871. The van der Waals surface area contributed by atoms with Crippen molar-refractivity contribution in [2.45, 2.75) is 30.6 Å². The van der Waals surface area contributed by atoms with Crippen LogP contribution < -0.4 is 4.72 Å². The Morgan fingerprint density at radius 3 is 2.38 bits per heavy atom. The lowest BCUT2D eigenvalue weighted by Gasteiger charge is -2.26. The first-order valence-corrected chi connectivity index (χ1v) is 9.65. The van der Waals surface area contributed by atoms with Gasteiger partial charge in [0.15, 0.2) is 0 Å². The minimum Gasteiger partial charge on any atom is -0.481 e. The number of aliphatic carboxylic acids is 1. The topological polar surface area (TPSA) is 83.5 Å².